The number of carbonyl (C=O) groups is 1. The van der Waals surface area contributed by atoms with E-state index in [-0.39, 0.29) is 6.04 Å². The summed E-state index contributed by atoms with van der Waals surface area (Å²) in [6.45, 7) is 3.68. The Bertz CT molecular complexity index is 304. The molecule has 0 spiro atoms. The lowest BCUT2D eigenvalue weighted by molar-refractivity contribution is -0.132. The molecule has 4 heteroatoms. The van der Waals surface area contributed by atoms with Crippen LogP contribution in [-0.2, 0) is 9.53 Å². The Morgan fingerprint density at radius 1 is 1.41 bits per heavy atom. The average Bonchev–Trinajstić information content (AvgIpc) is 2.96. The Labute approximate surface area is 103 Å². The fraction of sp³-hybridized carbons (Fsp3) is 0.923. The van der Waals surface area contributed by atoms with Crippen molar-refractivity contribution in [1.82, 2.24) is 10.2 Å². The molecule has 0 aromatic carbocycles. The van der Waals surface area contributed by atoms with E-state index in [4.69, 9.17) is 4.74 Å². The van der Waals surface area contributed by atoms with Crippen molar-refractivity contribution >= 4 is 5.91 Å². The lowest BCUT2D eigenvalue weighted by Gasteiger charge is -2.27. The number of carbonyl (C=O) groups excluding carboxylic acids is 1. The van der Waals surface area contributed by atoms with Gasteiger partial charge < -0.3 is 9.64 Å². The summed E-state index contributed by atoms with van der Waals surface area (Å²) >= 11 is 0. The summed E-state index contributed by atoms with van der Waals surface area (Å²) < 4.78 is 5.82. The number of rotatable bonds is 4. The highest BCUT2D eigenvalue weighted by Crippen LogP contribution is 2.40. The summed E-state index contributed by atoms with van der Waals surface area (Å²) in [4.78, 5) is 14.3. The van der Waals surface area contributed by atoms with E-state index in [1.807, 2.05) is 4.90 Å². The molecule has 17 heavy (non-hydrogen) atoms. The number of hydrogen-bond acceptors (Lipinski definition) is 3. The number of amides is 1. The van der Waals surface area contributed by atoms with Gasteiger partial charge in [0.2, 0.25) is 5.91 Å². The number of nitrogens with one attached hydrogen (secondary N) is 1. The molecule has 3 rings (SSSR count). The molecule has 3 atom stereocenters. The first-order valence-corrected chi connectivity index (χ1v) is 6.96. The van der Waals surface area contributed by atoms with Crippen molar-refractivity contribution < 1.29 is 9.53 Å². The molecule has 0 radical (unpaired) electrons. The van der Waals surface area contributed by atoms with Crippen LogP contribution in [0.2, 0.25) is 0 Å². The van der Waals surface area contributed by atoms with Crippen LogP contribution < -0.4 is 5.32 Å². The largest absolute Gasteiger partial charge is 0.376 e. The van der Waals surface area contributed by atoms with Crippen molar-refractivity contribution in [2.75, 3.05) is 13.3 Å². The molecule has 2 aliphatic heterocycles. The van der Waals surface area contributed by atoms with Gasteiger partial charge in [-0.1, -0.05) is 13.3 Å². The average molecular weight is 238 g/mol. The second-order valence-electron chi connectivity index (χ2n) is 5.54. The molecule has 3 fully saturated rings. The maximum absolute atomic E-state index is 12.3. The van der Waals surface area contributed by atoms with Gasteiger partial charge in [0, 0.05) is 6.61 Å². The molecule has 1 N–H and O–H groups in total. The zero-order chi connectivity index (χ0) is 11.8. The standard InChI is InChI=1S/C13H22N2O2/c1-2-3-10-13(16)15(8-14-10)11-6-7-17-12(11)9-4-5-9/h9-12,14H,2-8H2,1H3. The summed E-state index contributed by atoms with van der Waals surface area (Å²) in [7, 11) is 0. The maximum Gasteiger partial charge on any atom is 0.241 e. The van der Waals surface area contributed by atoms with Crippen molar-refractivity contribution in [3.63, 3.8) is 0 Å². The third-order valence-corrected chi connectivity index (χ3v) is 4.26. The molecule has 1 aliphatic carbocycles. The smallest absolute Gasteiger partial charge is 0.241 e. The number of hydrogen-bond donors (Lipinski definition) is 1. The molecule has 1 saturated carbocycles. The first-order valence-electron chi connectivity index (χ1n) is 6.96. The molecule has 3 unspecified atom stereocenters. The first kappa shape index (κ1) is 11.5. The fourth-order valence-corrected chi connectivity index (χ4v) is 3.18. The minimum Gasteiger partial charge on any atom is -0.376 e. The van der Waals surface area contributed by atoms with Gasteiger partial charge in [-0.2, -0.15) is 0 Å². The van der Waals surface area contributed by atoms with Crippen LogP contribution in [0.15, 0.2) is 0 Å². The normalized spacial score (nSPS) is 38.1. The highest BCUT2D eigenvalue weighted by atomic mass is 16.5. The van der Waals surface area contributed by atoms with E-state index in [0.717, 1.165) is 38.5 Å². The summed E-state index contributed by atoms with van der Waals surface area (Å²) in [6, 6.07) is 0.393. The lowest BCUT2D eigenvalue weighted by atomic mass is 10.0. The van der Waals surface area contributed by atoms with Crippen LogP contribution in [0.25, 0.3) is 0 Å². The molecule has 0 aromatic rings. The SMILES string of the molecule is CCCC1NCN(C2CCOC2C2CC2)C1=O. The Hall–Kier alpha value is -0.610. The molecule has 3 aliphatic rings. The molecule has 1 amide bonds. The van der Waals surface area contributed by atoms with Crippen LogP contribution in [-0.4, -0.2) is 42.3 Å². The highest BCUT2D eigenvalue weighted by molar-refractivity contribution is 5.84. The van der Waals surface area contributed by atoms with E-state index >= 15 is 0 Å². The maximum atomic E-state index is 12.3. The molecule has 0 aromatic heterocycles. The van der Waals surface area contributed by atoms with Gasteiger partial charge in [0.05, 0.1) is 24.9 Å². The zero-order valence-corrected chi connectivity index (χ0v) is 10.5. The van der Waals surface area contributed by atoms with Gasteiger partial charge >= 0.3 is 0 Å². The van der Waals surface area contributed by atoms with Crippen LogP contribution in [0.3, 0.4) is 0 Å². The van der Waals surface area contributed by atoms with Crippen LogP contribution in [0, 0.1) is 5.92 Å². The number of ether oxygens (including phenoxy) is 1. The van der Waals surface area contributed by atoms with Crippen LogP contribution in [0.1, 0.15) is 39.0 Å². The third-order valence-electron chi connectivity index (χ3n) is 4.26. The Balaban J connectivity index is 1.66. The van der Waals surface area contributed by atoms with Crippen molar-refractivity contribution in [1.29, 1.82) is 0 Å². The van der Waals surface area contributed by atoms with Crippen molar-refractivity contribution in [3.05, 3.63) is 0 Å². The summed E-state index contributed by atoms with van der Waals surface area (Å²) in [5, 5.41) is 3.33. The Morgan fingerprint density at radius 2 is 2.24 bits per heavy atom. The van der Waals surface area contributed by atoms with Crippen molar-refractivity contribution in [2.24, 2.45) is 5.92 Å². The quantitative estimate of drug-likeness (QED) is 0.798. The topological polar surface area (TPSA) is 41.6 Å². The van der Waals surface area contributed by atoms with Gasteiger partial charge in [-0.05, 0) is 31.6 Å². The predicted molar refractivity (Wildman–Crippen MR) is 64.4 cm³/mol. The van der Waals surface area contributed by atoms with E-state index < -0.39 is 0 Å². The van der Waals surface area contributed by atoms with Crippen molar-refractivity contribution in [3.8, 4) is 0 Å². The first-order chi connectivity index (χ1) is 8.31. The van der Waals surface area contributed by atoms with Gasteiger partial charge in [0.25, 0.3) is 0 Å². The summed E-state index contributed by atoms with van der Waals surface area (Å²) in [5.74, 6) is 1.02. The fourth-order valence-electron chi connectivity index (χ4n) is 3.18. The van der Waals surface area contributed by atoms with E-state index in [1.165, 1.54) is 12.8 Å². The van der Waals surface area contributed by atoms with Crippen molar-refractivity contribution in [2.45, 2.75) is 57.2 Å². The Morgan fingerprint density at radius 3 is 2.94 bits per heavy atom. The van der Waals surface area contributed by atoms with E-state index in [9.17, 15) is 4.79 Å². The lowest BCUT2D eigenvalue weighted by Crippen LogP contribution is -2.44. The minimum atomic E-state index is 0.0560. The second-order valence-corrected chi connectivity index (χ2v) is 5.54. The van der Waals surface area contributed by atoms with E-state index in [1.54, 1.807) is 0 Å². The molecular formula is C13H22N2O2. The van der Waals surface area contributed by atoms with Gasteiger partial charge in [-0.25, -0.2) is 0 Å². The van der Waals surface area contributed by atoms with Gasteiger partial charge in [0.1, 0.15) is 0 Å². The number of nitrogens with zero attached hydrogens (tertiary/aromatic N) is 1. The molecule has 4 nitrogen and oxygen atoms in total. The van der Waals surface area contributed by atoms with E-state index in [2.05, 4.69) is 12.2 Å². The molecule has 2 saturated heterocycles. The zero-order valence-electron chi connectivity index (χ0n) is 10.5. The van der Waals surface area contributed by atoms with Crippen LogP contribution >= 0.6 is 0 Å². The molecule has 2 heterocycles. The predicted octanol–water partition coefficient (Wildman–Crippen LogP) is 1.11. The van der Waals surface area contributed by atoms with Crippen LogP contribution in [0.5, 0.6) is 0 Å². The summed E-state index contributed by atoms with van der Waals surface area (Å²) in [6.07, 6.45) is 5.93. The Kier molecular flexibility index (Phi) is 3.09. The second kappa shape index (κ2) is 4.58. The van der Waals surface area contributed by atoms with Crippen LogP contribution in [0.4, 0.5) is 0 Å². The minimum absolute atomic E-state index is 0.0560. The molecule has 0 bridgehead atoms. The van der Waals surface area contributed by atoms with Gasteiger partial charge in [-0.3, -0.25) is 10.1 Å². The van der Waals surface area contributed by atoms with Gasteiger partial charge in [-0.15, -0.1) is 0 Å². The monoisotopic (exact) mass is 238 g/mol. The van der Waals surface area contributed by atoms with E-state index in [0.29, 0.717) is 18.1 Å². The highest BCUT2D eigenvalue weighted by Gasteiger charge is 2.46. The summed E-state index contributed by atoms with van der Waals surface area (Å²) in [5.41, 5.74) is 0. The molecular weight excluding hydrogens is 216 g/mol. The third kappa shape index (κ3) is 2.08. The van der Waals surface area contributed by atoms with Gasteiger partial charge in [0.15, 0.2) is 0 Å². The molecule has 96 valence electrons.